The molecule has 0 aliphatic carbocycles. The molecule has 0 spiro atoms. The van der Waals surface area contributed by atoms with E-state index in [2.05, 4.69) is 4.74 Å². The molecule has 3 nitrogen and oxygen atoms in total. The zero-order chi connectivity index (χ0) is 15.5. The molecule has 2 N–H and O–H groups in total. The van der Waals surface area contributed by atoms with E-state index in [1.807, 2.05) is 0 Å². The van der Waals surface area contributed by atoms with Crippen molar-refractivity contribution in [3.63, 3.8) is 0 Å². The first-order valence-corrected chi connectivity index (χ1v) is 6.28. The fraction of sp³-hybridized carbons (Fsp3) is 0.143. The molecular formula is C14H11ClF3NO2. The molecule has 0 radical (unpaired) electrons. The molecule has 0 atom stereocenters. The van der Waals surface area contributed by atoms with E-state index in [1.54, 1.807) is 12.1 Å². The van der Waals surface area contributed by atoms with Crippen LogP contribution in [0.2, 0.25) is 5.02 Å². The lowest BCUT2D eigenvalue weighted by atomic mass is 10.2. The van der Waals surface area contributed by atoms with Gasteiger partial charge in [0.15, 0.2) is 11.5 Å². The van der Waals surface area contributed by atoms with Gasteiger partial charge in [0.25, 0.3) is 0 Å². The monoisotopic (exact) mass is 317 g/mol. The Bertz CT molecular complexity index is 632. The molecule has 0 aliphatic rings. The Morgan fingerprint density at radius 3 is 2.24 bits per heavy atom. The summed E-state index contributed by atoms with van der Waals surface area (Å²) >= 11 is 6.00. The van der Waals surface area contributed by atoms with Gasteiger partial charge in [0, 0.05) is 6.54 Å². The second-order valence-electron chi connectivity index (χ2n) is 4.07. The van der Waals surface area contributed by atoms with Crippen LogP contribution in [0.25, 0.3) is 0 Å². The molecule has 2 aromatic carbocycles. The maximum absolute atomic E-state index is 12.3. The van der Waals surface area contributed by atoms with Crippen molar-refractivity contribution >= 4 is 11.6 Å². The van der Waals surface area contributed by atoms with Crippen molar-refractivity contribution in [3.05, 3.63) is 53.1 Å². The third-order valence-corrected chi connectivity index (χ3v) is 2.82. The van der Waals surface area contributed by atoms with Crippen LogP contribution in [-0.4, -0.2) is 6.36 Å². The lowest BCUT2D eigenvalue weighted by Crippen LogP contribution is -2.17. The second kappa shape index (κ2) is 6.24. The van der Waals surface area contributed by atoms with Gasteiger partial charge in [-0.3, -0.25) is 0 Å². The summed E-state index contributed by atoms with van der Waals surface area (Å²) < 4.78 is 46.3. The summed E-state index contributed by atoms with van der Waals surface area (Å²) in [6.45, 7) is 0.299. The Morgan fingerprint density at radius 1 is 1.00 bits per heavy atom. The highest BCUT2D eigenvalue weighted by atomic mass is 35.5. The molecule has 0 aromatic heterocycles. The van der Waals surface area contributed by atoms with Crippen LogP contribution >= 0.6 is 11.6 Å². The van der Waals surface area contributed by atoms with Gasteiger partial charge in [-0.1, -0.05) is 29.8 Å². The van der Waals surface area contributed by atoms with Crippen molar-refractivity contribution < 1.29 is 22.6 Å². The number of rotatable bonds is 4. The second-order valence-corrected chi connectivity index (χ2v) is 4.47. The zero-order valence-corrected chi connectivity index (χ0v) is 11.4. The first-order chi connectivity index (χ1) is 9.89. The summed E-state index contributed by atoms with van der Waals surface area (Å²) in [7, 11) is 0. The molecule has 0 aliphatic heterocycles. The van der Waals surface area contributed by atoms with Crippen LogP contribution in [0.3, 0.4) is 0 Å². The molecule has 112 valence electrons. The van der Waals surface area contributed by atoms with Gasteiger partial charge in [-0.2, -0.15) is 0 Å². The third kappa shape index (κ3) is 4.27. The summed E-state index contributed by atoms with van der Waals surface area (Å²) in [6.07, 6.45) is -4.80. The SMILES string of the molecule is NCc1ccc(Oc2ccccc2OC(F)(F)F)c(Cl)c1. The highest BCUT2D eigenvalue weighted by molar-refractivity contribution is 6.32. The van der Waals surface area contributed by atoms with Crippen LogP contribution in [0.5, 0.6) is 17.2 Å². The summed E-state index contributed by atoms with van der Waals surface area (Å²) in [6, 6.07) is 10.3. The van der Waals surface area contributed by atoms with Gasteiger partial charge in [0.2, 0.25) is 0 Å². The predicted molar refractivity (Wildman–Crippen MR) is 72.5 cm³/mol. The molecule has 0 unspecified atom stereocenters. The van der Waals surface area contributed by atoms with Crippen molar-refractivity contribution in [3.8, 4) is 17.2 Å². The van der Waals surface area contributed by atoms with Crippen LogP contribution in [0, 0.1) is 0 Å². The minimum Gasteiger partial charge on any atom is -0.452 e. The summed E-state index contributed by atoms with van der Waals surface area (Å²) in [4.78, 5) is 0. The fourth-order valence-corrected chi connectivity index (χ4v) is 1.86. The average molecular weight is 318 g/mol. The van der Waals surface area contributed by atoms with Crippen molar-refractivity contribution in [2.24, 2.45) is 5.73 Å². The zero-order valence-electron chi connectivity index (χ0n) is 10.7. The molecule has 21 heavy (non-hydrogen) atoms. The standard InChI is InChI=1S/C14H11ClF3NO2/c15-10-7-9(8-19)5-6-11(10)20-12-3-1-2-4-13(12)21-14(16,17)18/h1-7H,8,19H2. The smallest absolute Gasteiger partial charge is 0.452 e. The Kier molecular flexibility index (Phi) is 4.59. The Balaban J connectivity index is 2.27. The van der Waals surface area contributed by atoms with E-state index in [-0.39, 0.29) is 16.5 Å². The highest BCUT2D eigenvalue weighted by Crippen LogP contribution is 2.37. The number of benzene rings is 2. The maximum Gasteiger partial charge on any atom is 0.573 e. The van der Waals surface area contributed by atoms with Crippen molar-refractivity contribution in [1.29, 1.82) is 0 Å². The number of hydrogen-bond donors (Lipinski definition) is 1. The van der Waals surface area contributed by atoms with Gasteiger partial charge >= 0.3 is 6.36 Å². The molecule has 2 rings (SSSR count). The third-order valence-electron chi connectivity index (χ3n) is 2.53. The summed E-state index contributed by atoms with van der Waals surface area (Å²) in [5, 5.41) is 0.250. The number of nitrogens with two attached hydrogens (primary N) is 1. The quantitative estimate of drug-likeness (QED) is 0.903. The van der Waals surface area contributed by atoms with Crippen molar-refractivity contribution in [2.45, 2.75) is 12.9 Å². The van der Waals surface area contributed by atoms with Gasteiger partial charge in [0.1, 0.15) is 5.75 Å². The lowest BCUT2D eigenvalue weighted by molar-refractivity contribution is -0.275. The van der Waals surface area contributed by atoms with E-state index < -0.39 is 12.1 Å². The Hall–Kier alpha value is -1.92. The molecular weight excluding hydrogens is 307 g/mol. The van der Waals surface area contributed by atoms with Gasteiger partial charge in [-0.25, -0.2) is 0 Å². The van der Waals surface area contributed by atoms with Crippen molar-refractivity contribution in [1.82, 2.24) is 0 Å². The minimum absolute atomic E-state index is 0.0859. The van der Waals surface area contributed by atoms with E-state index in [1.165, 1.54) is 24.3 Å². The lowest BCUT2D eigenvalue weighted by Gasteiger charge is -2.14. The number of halogens is 4. The predicted octanol–water partition coefficient (Wildman–Crippen LogP) is 4.49. The van der Waals surface area contributed by atoms with Crippen LogP contribution in [0.4, 0.5) is 13.2 Å². The molecule has 0 fully saturated rings. The summed E-state index contributed by atoms with van der Waals surface area (Å²) in [5.41, 5.74) is 6.25. The van der Waals surface area contributed by atoms with Gasteiger partial charge in [0.05, 0.1) is 5.02 Å². The number of hydrogen-bond acceptors (Lipinski definition) is 3. The van der Waals surface area contributed by atoms with Gasteiger partial charge in [-0.15, -0.1) is 13.2 Å². The normalized spacial score (nSPS) is 11.3. The topological polar surface area (TPSA) is 44.5 Å². The van der Waals surface area contributed by atoms with E-state index in [4.69, 9.17) is 22.1 Å². The number of alkyl halides is 3. The van der Waals surface area contributed by atoms with Gasteiger partial charge in [-0.05, 0) is 29.8 Å². The molecule has 0 saturated carbocycles. The number of ether oxygens (including phenoxy) is 2. The highest BCUT2D eigenvalue weighted by Gasteiger charge is 2.32. The largest absolute Gasteiger partial charge is 0.573 e. The summed E-state index contributed by atoms with van der Waals surface area (Å²) in [5.74, 6) is -0.312. The van der Waals surface area contributed by atoms with E-state index in [0.29, 0.717) is 6.54 Å². The van der Waals surface area contributed by atoms with Crippen LogP contribution in [0.15, 0.2) is 42.5 Å². The fourth-order valence-electron chi connectivity index (χ4n) is 1.62. The van der Waals surface area contributed by atoms with Crippen LogP contribution in [0.1, 0.15) is 5.56 Å². The van der Waals surface area contributed by atoms with Crippen molar-refractivity contribution in [2.75, 3.05) is 0 Å². The molecule has 0 bridgehead atoms. The van der Waals surface area contributed by atoms with E-state index in [0.717, 1.165) is 11.6 Å². The minimum atomic E-state index is -4.80. The Morgan fingerprint density at radius 2 is 1.67 bits per heavy atom. The molecule has 2 aromatic rings. The average Bonchev–Trinajstić information content (AvgIpc) is 2.41. The van der Waals surface area contributed by atoms with Gasteiger partial charge < -0.3 is 15.2 Å². The first kappa shape index (κ1) is 15.5. The Labute approximate surface area is 124 Å². The molecule has 0 saturated heterocycles. The maximum atomic E-state index is 12.3. The van der Waals surface area contributed by atoms with E-state index in [9.17, 15) is 13.2 Å². The first-order valence-electron chi connectivity index (χ1n) is 5.90. The van der Waals surface area contributed by atoms with Crippen LogP contribution in [-0.2, 0) is 6.54 Å². The molecule has 0 amide bonds. The molecule has 7 heteroatoms. The number of para-hydroxylation sites is 2. The van der Waals surface area contributed by atoms with E-state index >= 15 is 0 Å². The molecule has 0 heterocycles. The van der Waals surface area contributed by atoms with Crippen LogP contribution < -0.4 is 15.2 Å².